The molecule has 33 heavy (non-hydrogen) atoms. The van der Waals surface area contributed by atoms with Gasteiger partial charge in [0.25, 0.3) is 5.91 Å². The highest BCUT2D eigenvalue weighted by Crippen LogP contribution is 2.31. The number of carbonyl (C=O) groups excluding carboxylic acids is 1. The molecule has 0 aromatic heterocycles. The van der Waals surface area contributed by atoms with Crippen molar-refractivity contribution in [1.29, 1.82) is 0 Å². The summed E-state index contributed by atoms with van der Waals surface area (Å²) in [6, 6.07) is 2.15. The highest BCUT2D eigenvalue weighted by atomic mass is 35.5. The number of carbonyl (C=O) groups is 1. The molecule has 184 valence electrons. The van der Waals surface area contributed by atoms with Crippen molar-refractivity contribution in [1.82, 2.24) is 13.9 Å². The first kappa shape index (κ1) is 24.7. The summed E-state index contributed by atoms with van der Waals surface area (Å²) in [7, 11) is -2.10. The second-order valence-corrected chi connectivity index (χ2v) is 11.3. The standard InChI is InChI=1S/C22H31ClFN3O5S/c1-26-12-17(13-26)32-16-6-8-27(9-7-16)33(29,30)25-22(28)18-10-19(23)21(11-20(18)24)31-14-15-4-2-3-5-15/h10-11,15-17H,2-9,12-14H2,1H3,(H,25,28). The molecule has 3 aliphatic rings. The monoisotopic (exact) mass is 503 g/mol. The molecule has 0 radical (unpaired) electrons. The Kier molecular flexibility index (Phi) is 7.80. The number of likely N-dealkylation sites (N-methyl/N-ethyl adjacent to an activating group) is 1. The molecule has 0 spiro atoms. The number of rotatable bonds is 8. The summed E-state index contributed by atoms with van der Waals surface area (Å²) >= 11 is 6.19. The maximum Gasteiger partial charge on any atom is 0.304 e. The lowest BCUT2D eigenvalue weighted by atomic mass is 10.1. The molecule has 4 rings (SSSR count). The summed E-state index contributed by atoms with van der Waals surface area (Å²) in [6.07, 6.45) is 5.74. The van der Waals surface area contributed by atoms with E-state index in [0.29, 0.717) is 25.4 Å². The van der Waals surface area contributed by atoms with Gasteiger partial charge in [-0.05, 0) is 44.7 Å². The van der Waals surface area contributed by atoms with Crippen molar-refractivity contribution >= 4 is 27.7 Å². The van der Waals surface area contributed by atoms with Crippen LogP contribution in [0, 0.1) is 11.7 Å². The molecule has 1 saturated carbocycles. The van der Waals surface area contributed by atoms with Gasteiger partial charge in [0.15, 0.2) is 0 Å². The average molecular weight is 504 g/mol. The zero-order valence-electron chi connectivity index (χ0n) is 18.8. The van der Waals surface area contributed by atoms with E-state index in [1.165, 1.54) is 4.31 Å². The smallest absolute Gasteiger partial charge is 0.304 e. The fourth-order valence-electron chi connectivity index (χ4n) is 4.64. The fourth-order valence-corrected chi connectivity index (χ4v) is 6.03. The maximum absolute atomic E-state index is 14.6. The molecule has 1 N–H and O–H groups in total. The normalized spacial score (nSPS) is 21.8. The highest BCUT2D eigenvalue weighted by Gasteiger charge is 2.33. The van der Waals surface area contributed by atoms with Gasteiger partial charge in [-0.25, -0.2) is 9.11 Å². The van der Waals surface area contributed by atoms with Gasteiger partial charge in [-0.2, -0.15) is 12.7 Å². The molecule has 3 fully saturated rings. The molecule has 0 bridgehead atoms. The molecule has 2 saturated heterocycles. The first-order chi connectivity index (χ1) is 15.7. The summed E-state index contributed by atoms with van der Waals surface area (Å²) in [4.78, 5) is 14.7. The van der Waals surface area contributed by atoms with Crippen molar-refractivity contribution in [3.8, 4) is 5.75 Å². The number of amides is 1. The zero-order valence-corrected chi connectivity index (χ0v) is 20.3. The zero-order chi connectivity index (χ0) is 23.6. The number of benzene rings is 1. The van der Waals surface area contributed by atoms with E-state index in [2.05, 4.69) is 4.90 Å². The Balaban J connectivity index is 1.31. The van der Waals surface area contributed by atoms with E-state index in [9.17, 15) is 17.6 Å². The molecule has 2 heterocycles. The van der Waals surface area contributed by atoms with Crippen LogP contribution in [0.15, 0.2) is 12.1 Å². The van der Waals surface area contributed by atoms with E-state index in [0.717, 1.165) is 50.9 Å². The molecule has 2 aliphatic heterocycles. The number of ether oxygens (including phenoxy) is 2. The minimum Gasteiger partial charge on any atom is -0.492 e. The van der Waals surface area contributed by atoms with Crippen LogP contribution in [0.4, 0.5) is 4.39 Å². The number of hydrogen-bond acceptors (Lipinski definition) is 6. The Morgan fingerprint density at radius 3 is 2.45 bits per heavy atom. The van der Waals surface area contributed by atoms with Gasteiger partial charge in [0.2, 0.25) is 0 Å². The molecule has 0 unspecified atom stereocenters. The molecule has 1 amide bonds. The van der Waals surface area contributed by atoms with Crippen LogP contribution < -0.4 is 9.46 Å². The van der Waals surface area contributed by atoms with Crippen molar-refractivity contribution in [2.45, 2.75) is 50.7 Å². The van der Waals surface area contributed by atoms with E-state index in [4.69, 9.17) is 21.1 Å². The van der Waals surface area contributed by atoms with Crippen molar-refractivity contribution in [2.24, 2.45) is 5.92 Å². The second-order valence-electron chi connectivity index (χ2n) is 9.24. The summed E-state index contributed by atoms with van der Waals surface area (Å²) in [5.74, 6) is -1.37. The first-order valence-electron chi connectivity index (χ1n) is 11.5. The van der Waals surface area contributed by atoms with Crippen LogP contribution in [0.1, 0.15) is 48.9 Å². The van der Waals surface area contributed by atoms with Crippen LogP contribution in [0.3, 0.4) is 0 Å². The van der Waals surface area contributed by atoms with Gasteiger partial charge in [-0.3, -0.25) is 4.79 Å². The summed E-state index contributed by atoms with van der Waals surface area (Å²) in [6.45, 7) is 2.66. The van der Waals surface area contributed by atoms with Gasteiger partial charge in [0.1, 0.15) is 11.6 Å². The van der Waals surface area contributed by atoms with Gasteiger partial charge >= 0.3 is 10.2 Å². The van der Waals surface area contributed by atoms with Gasteiger partial charge < -0.3 is 14.4 Å². The van der Waals surface area contributed by atoms with Crippen molar-refractivity contribution in [3.05, 3.63) is 28.5 Å². The molecular formula is C22H31ClFN3O5S. The molecule has 1 aromatic carbocycles. The molecule has 1 aromatic rings. The lowest BCUT2D eigenvalue weighted by Crippen LogP contribution is -2.53. The molecule has 0 atom stereocenters. The Hall–Kier alpha value is -1.46. The third kappa shape index (κ3) is 6.16. The summed E-state index contributed by atoms with van der Waals surface area (Å²) in [5.41, 5.74) is -0.441. The van der Waals surface area contributed by atoms with Gasteiger partial charge in [0, 0.05) is 32.2 Å². The van der Waals surface area contributed by atoms with E-state index in [1.54, 1.807) is 0 Å². The largest absolute Gasteiger partial charge is 0.492 e. The van der Waals surface area contributed by atoms with E-state index >= 15 is 0 Å². The Morgan fingerprint density at radius 2 is 1.82 bits per heavy atom. The van der Waals surface area contributed by atoms with E-state index in [1.807, 2.05) is 11.8 Å². The fraction of sp³-hybridized carbons (Fsp3) is 0.682. The number of piperidine rings is 1. The van der Waals surface area contributed by atoms with Crippen LogP contribution in [0.25, 0.3) is 0 Å². The molecule has 11 heteroatoms. The lowest BCUT2D eigenvalue weighted by Gasteiger charge is -2.40. The van der Waals surface area contributed by atoms with Crippen LogP contribution in [0.5, 0.6) is 5.75 Å². The van der Waals surface area contributed by atoms with Gasteiger partial charge in [-0.15, -0.1) is 0 Å². The topological polar surface area (TPSA) is 88.2 Å². The predicted octanol–water partition coefficient (Wildman–Crippen LogP) is 2.82. The summed E-state index contributed by atoms with van der Waals surface area (Å²) in [5, 5.41) is 0.0662. The van der Waals surface area contributed by atoms with Crippen molar-refractivity contribution in [3.63, 3.8) is 0 Å². The molecular weight excluding hydrogens is 473 g/mol. The highest BCUT2D eigenvalue weighted by molar-refractivity contribution is 7.87. The Morgan fingerprint density at radius 1 is 1.15 bits per heavy atom. The van der Waals surface area contributed by atoms with Crippen LogP contribution >= 0.6 is 11.6 Å². The summed E-state index contributed by atoms with van der Waals surface area (Å²) < 4.78 is 54.8. The maximum atomic E-state index is 14.6. The van der Waals surface area contributed by atoms with Crippen molar-refractivity contribution in [2.75, 3.05) is 39.8 Å². The number of nitrogens with zero attached hydrogens (tertiary/aromatic N) is 2. The van der Waals surface area contributed by atoms with Crippen molar-refractivity contribution < 1.29 is 27.1 Å². The van der Waals surface area contributed by atoms with Gasteiger partial charge in [0.05, 0.1) is 29.4 Å². The van der Waals surface area contributed by atoms with E-state index < -0.39 is 27.5 Å². The quantitative estimate of drug-likeness (QED) is 0.587. The second kappa shape index (κ2) is 10.4. The minimum atomic E-state index is -4.11. The predicted molar refractivity (Wildman–Crippen MR) is 122 cm³/mol. The number of halogens is 2. The Labute approximate surface area is 199 Å². The number of likely N-dealkylation sites (tertiary alicyclic amines) is 1. The van der Waals surface area contributed by atoms with Crippen LogP contribution in [-0.2, 0) is 14.9 Å². The SMILES string of the molecule is CN1CC(OC2CCN(S(=O)(=O)NC(=O)c3cc(Cl)c(OCC4CCCC4)cc3F)CC2)C1. The minimum absolute atomic E-state index is 0.00104. The first-order valence-corrected chi connectivity index (χ1v) is 13.3. The van der Waals surface area contributed by atoms with E-state index in [-0.39, 0.29) is 36.1 Å². The third-order valence-corrected chi connectivity index (χ3v) is 8.38. The average Bonchev–Trinajstić information content (AvgIpc) is 3.26. The number of nitrogens with one attached hydrogen (secondary N) is 1. The Bertz CT molecular complexity index is 959. The number of hydrogen-bond donors (Lipinski definition) is 1. The third-order valence-electron chi connectivity index (χ3n) is 6.59. The van der Waals surface area contributed by atoms with Gasteiger partial charge in [-0.1, -0.05) is 24.4 Å². The lowest BCUT2D eigenvalue weighted by molar-refractivity contribution is -0.0957. The molecule has 1 aliphatic carbocycles. The van der Waals surface area contributed by atoms with Crippen LogP contribution in [-0.4, -0.2) is 75.6 Å². The van der Waals surface area contributed by atoms with Crippen LogP contribution in [0.2, 0.25) is 5.02 Å². The molecule has 8 nitrogen and oxygen atoms in total.